The average Bonchev–Trinajstić information content (AvgIpc) is 2.62. The van der Waals surface area contributed by atoms with E-state index in [2.05, 4.69) is 14.7 Å². The van der Waals surface area contributed by atoms with Gasteiger partial charge < -0.3 is 19.8 Å². The second kappa shape index (κ2) is 8.45. The van der Waals surface area contributed by atoms with Gasteiger partial charge in [0.15, 0.2) is 0 Å². The van der Waals surface area contributed by atoms with Crippen molar-refractivity contribution >= 4 is 5.91 Å². The zero-order valence-corrected chi connectivity index (χ0v) is 14.5. The molecule has 0 radical (unpaired) electrons. The maximum absolute atomic E-state index is 12.4. The molecule has 3 saturated heterocycles. The Morgan fingerprint density at radius 1 is 0.870 bits per heavy atom. The van der Waals surface area contributed by atoms with Crippen LogP contribution in [0.3, 0.4) is 0 Å². The highest BCUT2D eigenvalue weighted by Crippen LogP contribution is 2.21. The minimum atomic E-state index is -0.129. The summed E-state index contributed by atoms with van der Waals surface area (Å²) in [6.07, 6.45) is 8.63. The number of likely N-dealkylation sites (tertiary alicyclic amines) is 3. The highest BCUT2D eigenvalue weighted by molar-refractivity contribution is 5.76. The van der Waals surface area contributed by atoms with Crippen molar-refractivity contribution in [2.75, 3.05) is 45.8 Å². The van der Waals surface area contributed by atoms with E-state index in [1.807, 2.05) is 0 Å². The average molecular weight is 323 g/mol. The molecule has 0 bridgehead atoms. The van der Waals surface area contributed by atoms with Gasteiger partial charge in [0.05, 0.1) is 6.10 Å². The molecule has 23 heavy (non-hydrogen) atoms. The van der Waals surface area contributed by atoms with E-state index < -0.39 is 0 Å². The Hall–Kier alpha value is -0.650. The number of amides is 1. The molecule has 5 heteroatoms. The summed E-state index contributed by atoms with van der Waals surface area (Å²) in [4.78, 5) is 19.5. The molecular formula is C18H33N3O2. The zero-order valence-electron chi connectivity index (χ0n) is 14.5. The van der Waals surface area contributed by atoms with E-state index in [-0.39, 0.29) is 6.10 Å². The molecule has 0 aromatic rings. The summed E-state index contributed by atoms with van der Waals surface area (Å²) >= 11 is 0. The second-order valence-electron chi connectivity index (χ2n) is 7.53. The first-order valence-electron chi connectivity index (χ1n) is 9.64. The van der Waals surface area contributed by atoms with Crippen molar-refractivity contribution in [1.82, 2.24) is 14.7 Å². The van der Waals surface area contributed by atoms with Crippen molar-refractivity contribution in [3.05, 3.63) is 0 Å². The summed E-state index contributed by atoms with van der Waals surface area (Å²) in [7, 11) is 0. The van der Waals surface area contributed by atoms with Crippen LogP contribution in [0.2, 0.25) is 0 Å². The van der Waals surface area contributed by atoms with Crippen molar-refractivity contribution in [2.45, 2.75) is 63.5 Å². The number of aliphatic hydroxyl groups is 1. The first-order chi connectivity index (χ1) is 11.2. The van der Waals surface area contributed by atoms with Gasteiger partial charge in [0.1, 0.15) is 0 Å². The zero-order chi connectivity index (χ0) is 16.1. The minimum absolute atomic E-state index is 0.129. The molecule has 3 aliphatic heterocycles. The highest BCUT2D eigenvalue weighted by atomic mass is 16.3. The standard InChI is InChI=1S/C18H33N3O2/c22-17-6-11-19(12-7-17)13-8-18(23)21-14-4-16(5-15-21)20-9-2-1-3-10-20/h16-17,22H,1-15H2. The van der Waals surface area contributed by atoms with E-state index in [1.54, 1.807) is 0 Å². The Morgan fingerprint density at radius 3 is 2.17 bits per heavy atom. The van der Waals surface area contributed by atoms with Crippen LogP contribution in [0.5, 0.6) is 0 Å². The topological polar surface area (TPSA) is 47.0 Å². The molecule has 1 amide bonds. The lowest BCUT2D eigenvalue weighted by atomic mass is 9.99. The van der Waals surface area contributed by atoms with Crippen LogP contribution in [0, 0.1) is 0 Å². The van der Waals surface area contributed by atoms with E-state index in [1.165, 1.54) is 32.4 Å². The molecular weight excluding hydrogens is 290 g/mol. The minimum Gasteiger partial charge on any atom is -0.393 e. The quantitative estimate of drug-likeness (QED) is 0.847. The summed E-state index contributed by atoms with van der Waals surface area (Å²) in [5.41, 5.74) is 0. The Bertz CT molecular complexity index is 368. The molecule has 3 rings (SSSR count). The van der Waals surface area contributed by atoms with Crippen LogP contribution in [-0.2, 0) is 4.79 Å². The molecule has 0 atom stereocenters. The van der Waals surface area contributed by atoms with E-state index >= 15 is 0 Å². The van der Waals surface area contributed by atoms with Crippen LogP contribution in [-0.4, -0.2) is 83.7 Å². The molecule has 3 fully saturated rings. The van der Waals surface area contributed by atoms with Gasteiger partial charge in [0, 0.05) is 45.2 Å². The number of aliphatic hydroxyl groups excluding tert-OH is 1. The van der Waals surface area contributed by atoms with Crippen molar-refractivity contribution in [1.29, 1.82) is 0 Å². The first-order valence-corrected chi connectivity index (χ1v) is 9.64. The van der Waals surface area contributed by atoms with E-state index in [4.69, 9.17) is 0 Å². The van der Waals surface area contributed by atoms with Gasteiger partial charge in [-0.3, -0.25) is 4.79 Å². The van der Waals surface area contributed by atoms with Crippen LogP contribution in [0.25, 0.3) is 0 Å². The third-order valence-electron chi connectivity index (χ3n) is 5.92. The van der Waals surface area contributed by atoms with Crippen LogP contribution in [0.15, 0.2) is 0 Å². The number of carbonyl (C=O) groups excluding carboxylic acids is 1. The number of hydrogen-bond donors (Lipinski definition) is 1. The molecule has 3 heterocycles. The summed E-state index contributed by atoms with van der Waals surface area (Å²) < 4.78 is 0. The van der Waals surface area contributed by atoms with Crippen molar-refractivity contribution in [3.63, 3.8) is 0 Å². The molecule has 0 spiro atoms. The molecule has 1 N–H and O–H groups in total. The predicted molar refractivity (Wildman–Crippen MR) is 91.3 cm³/mol. The number of hydrogen-bond acceptors (Lipinski definition) is 4. The lowest BCUT2D eigenvalue weighted by molar-refractivity contribution is -0.133. The van der Waals surface area contributed by atoms with Crippen molar-refractivity contribution in [2.24, 2.45) is 0 Å². The Balaban J connectivity index is 1.35. The van der Waals surface area contributed by atoms with Crippen molar-refractivity contribution < 1.29 is 9.90 Å². The largest absolute Gasteiger partial charge is 0.393 e. The molecule has 0 aromatic carbocycles. The van der Waals surface area contributed by atoms with E-state index in [9.17, 15) is 9.90 Å². The maximum Gasteiger partial charge on any atom is 0.223 e. The van der Waals surface area contributed by atoms with E-state index in [0.717, 1.165) is 58.4 Å². The van der Waals surface area contributed by atoms with Crippen LogP contribution >= 0.6 is 0 Å². The molecule has 132 valence electrons. The fraction of sp³-hybridized carbons (Fsp3) is 0.944. The highest BCUT2D eigenvalue weighted by Gasteiger charge is 2.27. The number of nitrogens with zero attached hydrogens (tertiary/aromatic N) is 3. The maximum atomic E-state index is 12.4. The lowest BCUT2D eigenvalue weighted by Gasteiger charge is -2.40. The summed E-state index contributed by atoms with van der Waals surface area (Å²) in [6.45, 7) is 7.14. The fourth-order valence-corrected chi connectivity index (χ4v) is 4.32. The second-order valence-corrected chi connectivity index (χ2v) is 7.53. The van der Waals surface area contributed by atoms with Crippen LogP contribution < -0.4 is 0 Å². The molecule has 0 aliphatic carbocycles. The van der Waals surface area contributed by atoms with Crippen molar-refractivity contribution in [3.8, 4) is 0 Å². The third kappa shape index (κ3) is 4.91. The Labute approximate surface area is 140 Å². The van der Waals surface area contributed by atoms with Gasteiger partial charge >= 0.3 is 0 Å². The lowest BCUT2D eigenvalue weighted by Crippen LogP contribution is -2.48. The van der Waals surface area contributed by atoms with Crippen LogP contribution in [0.1, 0.15) is 51.4 Å². The Morgan fingerprint density at radius 2 is 1.52 bits per heavy atom. The van der Waals surface area contributed by atoms with Gasteiger partial charge in [0.25, 0.3) is 0 Å². The number of piperidine rings is 3. The molecule has 0 aromatic heterocycles. The monoisotopic (exact) mass is 323 g/mol. The van der Waals surface area contributed by atoms with Gasteiger partial charge in [-0.1, -0.05) is 6.42 Å². The molecule has 5 nitrogen and oxygen atoms in total. The van der Waals surface area contributed by atoms with Gasteiger partial charge in [0.2, 0.25) is 5.91 Å². The smallest absolute Gasteiger partial charge is 0.223 e. The van der Waals surface area contributed by atoms with Gasteiger partial charge in [-0.05, 0) is 51.6 Å². The SMILES string of the molecule is O=C(CCN1CCC(O)CC1)N1CCC(N2CCCCC2)CC1. The van der Waals surface area contributed by atoms with Gasteiger partial charge in [-0.15, -0.1) is 0 Å². The normalized spacial score (nSPS) is 26.6. The Kier molecular flexibility index (Phi) is 6.31. The van der Waals surface area contributed by atoms with E-state index in [0.29, 0.717) is 18.4 Å². The summed E-state index contributed by atoms with van der Waals surface area (Å²) in [6, 6.07) is 0.711. The van der Waals surface area contributed by atoms with Gasteiger partial charge in [-0.25, -0.2) is 0 Å². The number of rotatable bonds is 4. The molecule has 3 aliphatic rings. The predicted octanol–water partition coefficient (Wildman–Crippen LogP) is 1.31. The third-order valence-corrected chi connectivity index (χ3v) is 5.92. The summed E-state index contributed by atoms with van der Waals surface area (Å²) in [5.74, 6) is 0.327. The van der Waals surface area contributed by atoms with Gasteiger partial charge in [-0.2, -0.15) is 0 Å². The summed E-state index contributed by atoms with van der Waals surface area (Å²) in [5, 5.41) is 9.53. The van der Waals surface area contributed by atoms with Crippen LogP contribution in [0.4, 0.5) is 0 Å². The first kappa shape index (κ1) is 17.2. The molecule has 0 saturated carbocycles. The molecule has 0 unspecified atom stereocenters. The number of carbonyl (C=O) groups is 1. The fourth-order valence-electron chi connectivity index (χ4n) is 4.32.